The van der Waals surface area contributed by atoms with Crippen molar-refractivity contribution >= 4 is 39.7 Å². The molecule has 0 unspecified atom stereocenters. The predicted molar refractivity (Wildman–Crippen MR) is 146 cm³/mol. The van der Waals surface area contributed by atoms with Gasteiger partial charge < -0.3 is 4.74 Å². The van der Waals surface area contributed by atoms with Crippen molar-refractivity contribution in [3.05, 3.63) is 82.8 Å². The first kappa shape index (κ1) is 28.1. The topological polar surface area (TPSA) is 103 Å². The third-order valence-corrected chi connectivity index (χ3v) is 7.22. The Kier molecular flexibility index (Phi) is 8.60. The molecule has 2 aromatic carbocycles. The average molecular weight is 543 g/mol. The van der Waals surface area contributed by atoms with Crippen LogP contribution in [0, 0.1) is 20.8 Å². The van der Waals surface area contributed by atoms with Gasteiger partial charge in [-0.3, -0.25) is 4.57 Å². The zero-order valence-corrected chi connectivity index (χ0v) is 23.1. The Balaban J connectivity index is 0.00000380. The maximum Gasteiger partial charge on any atom is 0.421 e. The molecule has 2 aromatic heterocycles. The number of halogens is 1. The van der Waals surface area contributed by atoms with Crippen molar-refractivity contribution in [2.75, 3.05) is 0 Å². The predicted octanol–water partition coefficient (Wildman–Crippen LogP) is 5.38. The molecule has 10 heteroatoms. The van der Waals surface area contributed by atoms with E-state index in [1.54, 1.807) is 19.1 Å². The van der Waals surface area contributed by atoms with E-state index in [2.05, 4.69) is 11.5 Å². The molecule has 37 heavy (non-hydrogen) atoms. The molecule has 0 aliphatic rings. The van der Waals surface area contributed by atoms with Crippen LogP contribution in [0.25, 0.3) is 16.9 Å². The van der Waals surface area contributed by atoms with Crippen molar-refractivity contribution in [2.45, 2.75) is 58.5 Å². The summed E-state index contributed by atoms with van der Waals surface area (Å²) in [6.07, 6.45) is -0.340. The van der Waals surface area contributed by atoms with Gasteiger partial charge in [0.1, 0.15) is 17.4 Å². The minimum Gasteiger partial charge on any atom is -0.445 e. The van der Waals surface area contributed by atoms with Gasteiger partial charge in [-0.2, -0.15) is 0 Å². The SMILES string of the molecule is CCc1nc2c(C)cc(C)nc2n1-c1ccc(C[C@H](C)OC(=O)NS(=O)(=O)c2ccc(C)cc2)cc1.Cl. The number of nitrogens with zero attached hydrogens (tertiary/aromatic N) is 3. The van der Waals surface area contributed by atoms with E-state index in [4.69, 9.17) is 14.7 Å². The number of sulfonamides is 1. The van der Waals surface area contributed by atoms with Gasteiger partial charge in [0, 0.05) is 24.2 Å². The van der Waals surface area contributed by atoms with Gasteiger partial charge in [-0.15, -0.1) is 12.4 Å². The average Bonchev–Trinajstić information content (AvgIpc) is 3.18. The number of pyridine rings is 1. The number of hydrogen-bond acceptors (Lipinski definition) is 6. The number of amides is 1. The molecule has 0 aliphatic carbocycles. The molecule has 2 heterocycles. The number of aromatic nitrogens is 3. The van der Waals surface area contributed by atoms with E-state index in [-0.39, 0.29) is 17.3 Å². The molecule has 1 N–H and O–H groups in total. The van der Waals surface area contributed by atoms with Crippen LogP contribution in [-0.4, -0.2) is 35.2 Å². The lowest BCUT2D eigenvalue weighted by Gasteiger charge is -2.15. The van der Waals surface area contributed by atoms with Crippen LogP contribution in [0.3, 0.4) is 0 Å². The lowest BCUT2D eigenvalue weighted by molar-refractivity contribution is 0.112. The third-order valence-electron chi connectivity index (χ3n) is 5.89. The number of carbonyl (C=O) groups excluding carboxylic acids is 1. The maximum atomic E-state index is 12.4. The van der Waals surface area contributed by atoms with E-state index >= 15 is 0 Å². The standard InChI is InChI=1S/C27H30N4O4S.ClH/c1-6-24-29-25-18(3)15-19(4)28-26(25)31(24)22-11-9-21(10-12-22)16-20(5)35-27(32)30-36(33,34)23-13-7-17(2)8-14-23;/h7-15,20H,6,16H2,1-5H3,(H,30,32);1H/t20-;/m0./s1. The fraction of sp³-hybridized carbons (Fsp3) is 0.296. The van der Waals surface area contributed by atoms with Crippen LogP contribution in [0.2, 0.25) is 0 Å². The Labute approximate surface area is 223 Å². The zero-order valence-electron chi connectivity index (χ0n) is 21.5. The number of rotatable bonds is 7. The first-order valence-corrected chi connectivity index (χ1v) is 13.3. The second-order valence-electron chi connectivity index (χ2n) is 8.97. The normalized spacial score (nSPS) is 12.1. The van der Waals surface area contributed by atoms with E-state index in [1.165, 1.54) is 12.1 Å². The summed E-state index contributed by atoms with van der Waals surface area (Å²) in [7, 11) is -4.00. The van der Waals surface area contributed by atoms with Crippen molar-refractivity contribution in [2.24, 2.45) is 0 Å². The fourth-order valence-electron chi connectivity index (χ4n) is 4.16. The van der Waals surface area contributed by atoms with Crippen LogP contribution < -0.4 is 4.72 Å². The van der Waals surface area contributed by atoms with Crippen molar-refractivity contribution < 1.29 is 17.9 Å². The number of carbonyl (C=O) groups is 1. The highest BCUT2D eigenvalue weighted by molar-refractivity contribution is 7.90. The number of nitrogens with one attached hydrogen (secondary N) is 1. The van der Waals surface area contributed by atoms with Gasteiger partial charge >= 0.3 is 6.09 Å². The summed E-state index contributed by atoms with van der Waals surface area (Å²) in [5.74, 6) is 0.933. The highest BCUT2D eigenvalue weighted by atomic mass is 35.5. The second-order valence-corrected chi connectivity index (χ2v) is 10.7. The minimum absolute atomic E-state index is 0. The van der Waals surface area contributed by atoms with Crippen molar-refractivity contribution in [3.8, 4) is 5.69 Å². The van der Waals surface area contributed by atoms with Crippen LogP contribution in [0.5, 0.6) is 0 Å². The van der Waals surface area contributed by atoms with Gasteiger partial charge in [-0.1, -0.05) is 36.8 Å². The van der Waals surface area contributed by atoms with Gasteiger partial charge in [0.15, 0.2) is 5.65 Å². The number of fused-ring (bicyclic) bond motifs is 1. The van der Waals surface area contributed by atoms with E-state index in [1.807, 2.05) is 55.8 Å². The second kappa shape index (κ2) is 11.3. The number of ether oxygens (including phenoxy) is 1. The molecular formula is C27H31ClN4O4S. The quantitative estimate of drug-likeness (QED) is 0.336. The van der Waals surface area contributed by atoms with E-state index in [0.717, 1.165) is 51.5 Å². The van der Waals surface area contributed by atoms with Crippen LogP contribution in [0.4, 0.5) is 4.79 Å². The molecule has 196 valence electrons. The lowest BCUT2D eigenvalue weighted by atomic mass is 10.1. The van der Waals surface area contributed by atoms with Gasteiger partial charge in [-0.25, -0.2) is 27.9 Å². The molecule has 0 spiro atoms. The molecule has 0 saturated heterocycles. The summed E-state index contributed by atoms with van der Waals surface area (Å²) in [5, 5.41) is 0. The molecule has 0 radical (unpaired) electrons. The van der Waals surface area contributed by atoms with Crippen LogP contribution >= 0.6 is 12.4 Å². The van der Waals surface area contributed by atoms with E-state index in [9.17, 15) is 13.2 Å². The highest BCUT2D eigenvalue weighted by Crippen LogP contribution is 2.24. The van der Waals surface area contributed by atoms with Gasteiger partial charge in [0.25, 0.3) is 10.0 Å². The Morgan fingerprint density at radius 3 is 2.30 bits per heavy atom. The number of aryl methyl sites for hydroxylation is 4. The Hall–Kier alpha value is -3.43. The largest absolute Gasteiger partial charge is 0.445 e. The molecular weight excluding hydrogens is 512 g/mol. The van der Waals surface area contributed by atoms with Gasteiger partial charge in [-0.05, 0) is 69.2 Å². The lowest BCUT2D eigenvalue weighted by Crippen LogP contribution is -2.33. The molecule has 4 rings (SSSR count). The molecule has 0 aliphatic heterocycles. The van der Waals surface area contributed by atoms with Crippen molar-refractivity contribution in [1.82, 2.24) is 19.3 Å². The van der Waals surface area contributed by atoms with E-state index in [0.29, 0.717) is 6.42 Å². The number of imidazole rings is 1. The zero-order chi connectivity index (χ0) is 26.0. The van der Waals surface area contributed by atoms with Crippen LogP contribution in [0.15, 0.2) is 59.5 Å². The summed E-state index contributed by atoms with van der Waals surface area (Å²) >= 11 is 0. The molecule has 1 atom stereocenters. The van der Waals surface area contributed by atoms with Gasteiger partial charge in [0.2, 0.25) is 0 Å². The van der Waals surface area contributed by atoms with Crippen molar-refractivity contribution in [1.29, 1.82) is 0 Å². The Bertz CT molecular complexity index is 1520. The first-order valence-electron chi connectivity index (χ1n) is 11.8. The third kappa shape index (κ3) is 6.29. The number of hydrogen-bond donors (Lipinski definition) is 1. The highest BCUT2D eigenvalue weighted by Gasteiger charge is 2.20. The Morgan fingerprint density at radius 1 is 1.03 bits per heavy atom. The summed E-state index contributed by atoms with van der Waals surface area (Å²) in [6.45, 7) is 9.66. The molecule has 4 aromatic rings. The summed E-state index contributed by atoms with van der Waals surface area (Å²) in [5.41, 5.74) is 6.58. The van der Waals surface area contributed by atoms with Gasteiger partial charge in [0.05, 0.1) is 4.90 Å². The molecule has 0 bridgehead atoms. The summed E-state index contributed by atoms with van der Waals surface area (Å²) in [6, 6.07) is 16.2. The monoisotopic (exact) mass is 542 g/mol. The smallest absolute Gasteiger partial charge is 0.421 e. The maximum absolute atomic E-state index is 12.4. The molecule has 0 fully saturated rings. The number of benzene rings is 2. The van der Waals surface area contributed by atoms with E-state index < -0.39 is 22.2 Å². The summed E-state index contributed by atoms with van der Waals surface area (Å²) in [4.78, 5) is 21.8. The fourth-order valence-corrected chi connectivity index (χ4v) is 5.04. The minimum atomic E-state index is -4.00. The Morgan fingerprint density at radius 2 is 1.68 bits per heavy atom. The molecule has 1 amide bonds. The van der Waals surface area contributed by atoms with Crippen LogP contribution in [-0.2, 0) is 27.6 Å². The summed E-state index contributed by atoms with van der Waals surface area (Å²) < 4.78 is 34.2. The van der Waals surface area contributed by atoms with Crippen molar-refractivity contribution in [3.63, 3.8) is 0 Å². The molecule has 8 nitrogen and oxygen atoms in total. The molecule has 0 saturated carbocycles. The van der Waals surface area contributed by atoms with Crippen LogP contribution in [0.1, 0.15) is 42.1 Å². The first-order chi connectivity index (χ1) is 17.1.